The first kappa shape index (κ1) is 7.74. The summed E-state index contributed by atoms with van der Waals surface area (Å²) < 4.78 is 0. The molecule has 0 bridgehead atoms. The molecule has 0 atom stereocenters. The van der Waals surface area contributed by atoms with Gasteiger partial charge in [0.25, 0.3) is 0 Å². The van der Waals surface area contributed by atoms with Gasteiger partial charge in [-0.3, -0.25) is 4.98 Å². The lowest BCUT2D eigenvalue weighted by atomic mass is 10.1. The van der Waals surface area contributed by atoms with Crippen LogP contribution in [-0.4, -0.2) is 4.98 Å². The van der Waals surface area contributed by atoms with Gasteiger partial charge in [0.1, 0.15) is 0 Å². The Morgan fingerprint density at radius 3 is 2.91 bits per heavy atom. The van der Waals surface area contributed by atoms with Crippen molar-refractivity contribution >= 4 is 0 Å². The number of hydrogen-bond acceptors (Lipinski definition) is 2. The van der Waals surface area contributed by atoms with Gasteiger partial charge in [-0.2, -0.15) is 5.26 Å². The van der Waals surface area contributed by atoms with Crippen molar-refractivity contribution in [1.82, 2.24) is 4.98 Å². The Morgan fingerprint density at radius 1 is 1.55 bits per heavy atom. The van der Waals surface area contributed by atoms with Gasteiger partial charge in [-0.05, 0) is 25.0 Å². The van der Waals surface area contributed by atoms with E-state index in [0.717, 1.165) is 17.7 Å². The molecule has 0 aliphatic heterocycles. The minimum Gasteiger partial charge on any atom is -0.261 e. The van der Waals surface area contributed by atoms with E-state index in [-0.39, 0.29) is 0 Å². The second kappa shape index (κ2) is 3.72. The zero-order valence-electron chi connectivity index (χ0n) is 6.54. The highest BCUT2D eigenvalue weighted by Crippen LogP contribution is 2.01. The number of rotatable bonds is 2. The van der Waals surface area contributed by atoms with Crippen LogP contribution in [0.15, 0.2) is 18.3 Å². The van der Waals surface area contributed by atoms with E-state index in [0.29, 0.717) is 6.42 Å². The number of aromatic nitrogens is 1. The van der Waals surface area contributed by atoms with Crippen LogP contribution >= 0.6 is 0 Å². The van der Waals surface area contributed by atoms with E-state index in [2.05, 4.69) is 11.1 Å². The molecule has 0 N–H and O–H groups in total. The summed E-state index contributed by atoms with van der Waals surface area (Å²) in [4.78, 5) is 4.12. The van der Waals surface area contributed by atoms with E-state index in [1.165, 1.54) is 0 Å². The number of nitriles is 1. The Labute approximate surface area is 66.5 Å². The predicted octanol–water partition coefficient (Wildman–Crippen LogP) is 1.85. The lowest BCUT2D eigenvalue weighted by Crippen LogP contribution is -1.86. The van der Waals surface area contributed by atoms with Crippen molar-refractivity contribution < 1.29 is 0 Å². The molecule has 0 radical (unpaired) electrons. The van der Waals surface area contributed by atoms with Crippen molar-refractivity contribution in [3.05, 3.63) is 29.6 Å². The quantitative estimate of drug-likeness (QED) is 0.638. The van der Waals surface area contributed by atoms with Gasteiger partial charge < -0.3 is 0 Å². The van der Waals surface area contributed by atoms with Crippen molar-refractivity contribution in [3.63, 3.8) is 0 Å². The topological polar surface area (TPSA) is 36.7 Å². The summed E-state index contributed by atoms with van der Waals surface area (Å²) in [6, 6.07) is 6.08. The van der Waals surface area contributed by atoms with Gasteiger partial charge in [0, 0.05) is 18.3 Å². The van der Waals surface area contributed by atoms with Gasteiger partial charge in [0.05, 0.1) is 6.07 Å². The standard InChI is InChI=1S/C9H10N2/c1-8-4-5-9(7-11-8)3-2-6-10/h4-5,7H,2-3H2,1H3. The summed E-state index contributed by atoms with van der Waals surface area (Å²) >= 11 is 0. The summed E-state index contributed by atoms with van der Waals surface area (Å²) in [5, 5.41) is 8.31. The van der Waals surface area contributed by atoms with E-state index in [9.17, 15) is 0 Å². The minimum atomic E-state index is 0.574. The number of hydrogen-bond donors (Lipinski definition) is 0. The van der Waals surface area contributed by atoms with Crippen LogP contribution in [0.1, 0.15) is 17.7 Å². The number of aryl methyl sites for hydroxylation is 2. The van der Waals surface area contributed by atoms with Crippen LogP contribution in [-0.2, 0) is 6.42 Å². The lowest BCUT2D eigenvalue weighted by Gasteiger charge is -1.95. The van der Waals surface area contributed by atoms with Gasteiger partial charge in [0.15, 0.2) is 0 Å². The third-order valence-corrected chi connectivity index (χ3v) is 1.50. The van der Waals surface area contributed by atoms with Crippen LogP contribution in [0, 0.1) is 18.3 Å². The average Bonchev–Trinajstić information content (AvgIpc) is 2.04. The first-order valence-electron chi connectivity index (χ1n) is 3.61. The molecule has 56 valence electrons. The minimum absolute atomic E-state index is 0.574. The smallest absolute Gasteiger partial charge is 0.0625 e. The molecule has 0 amide bonds. The van der Waals surface area contributed by atoms with Crippen LogP contribution in [0.5, 0.6) is 0 Å². The predicted molar refractivity (Wildman–Crippen MR) is 42.9 cm³/mol. The first-order valence-corrected chi connectivity index (χ1v) is 3.61. The average molecular weight is 146 g/mol. The summed E-state index contributed by atoms with van der Waals surface area (Å²) in [7, 11) is 0. The molecular weight excluding hydrogens is 136 g/mol. The summed E-state index contributed by atoms with van der Waals surface area (Å²) in [5.74, 6) is 0. The Bertz CT molecular complexity index is 256. The van der Waals surface area contributed by atoms with E-state index < -0.39 is 0 Å². The van der Waals surface area contributed by atoms with Crippen LogP contribution in [0.25, 0.3) is 0 Å². The maximum Gasteiger partial charge on any atom is 0.0625 e. The van der Waals surface area contributed by atoms with Crippen molar-refractivity contribution in [2.75, 3.05) is 0 Å². The molecule has 11 heavy (non-hydrogen) atoms. The molecule has 0 fully saturated rings. The molecule has 0 saturated heterocycles. The fourth-order valence-corrected chi connectivity index (χ4v) is 0.847. The highest BCUT2D eigenvalue weighted by atomic mass is 14.6. The van der Waals surface area contributed by atoms with E-state index >= 15 is 0 Å². The molecule has 0 spiro atoms. The van der Waals surface area contributed by atoms with Crippen LogP contribution in [0.2, 0.25) is 0 Å². The first-order chi connectivity index (χ1) is 5.33. The second-order valence-electron chi connectivity index (χ2n) is 2.47. The van der Waals surface area contributed by atoms with Crippen LogP contribution < -0.4 is 0 Å². The molecule has 0 aromatic carbocycles. The van der Waals surface area contributed by atoms with Crippen LogP contribution in [0.4, 0.5) is 0 Å². The molecule has 1 rings (SSSR count). The second-order valence-corrected chi connectivity index (χ2v) is 2.47. The summed E-state index contributed by atoms with van der Waals surface area (Å²) in [5.41, 5.74) is 2.16. The molecule has 2 heteroatoms. The molecular formula is C9H10N2. The van der Waals surface area contributed by atoms with E-state index in [1.807, 2.05) is 25.3 Å². The molecule has 1 heterocycles. The molecule has 0 saturated carbocycles. The molecule has 0 unspecified atom stereocenters. The third kappa shape index (κ3) is 2.38. The summed E-state index contributed by atoms with van der Waals surface area (Å²) in [6.45, 7) is 1.95. The van der Waals surface area contributed by atoms with Gasteiger partial charge >= 0.3 is 0 Å². The lowest BCUT2D eigenvalue weighted by molar-refractivity contribution is 0.988. The number of nitrogens with zero attached hydrogens (tertiary/aromatic N) is 2. The fraction of sp³-hybridized carbons (Fsp3) is 0.333. The Balaban J connectivity index is 2.60. The van der Waals surface area contributed by atoms with E-state index in [1.54, 1.807) is 0 Å². The number of pyridine rings is 1. The largest absolute Gasteiger partial charge is 0.261 e. The maximum absolute atomic E-state index is 8.31. The Morgan fingerprint density at radius 2 is 2.36 bits per heavy atom. The summed E-state index contributed by atoms with van der Waals surface area (Å²) in [6.07, 6.45) is 3.21. The van der Waals surface area contributed by atoms with Gasteiger partial charge in [-0.1, -0.05) is 6.07 Å². The highest BCUT2D eigenvalue weighted by molar-refractivity contribution is 5.13. The highest BCUT2D eigenvalue weighted by Gasteiger charge is 1.91. The van der Waals surface area contributed by atoms with Crippen molar-refractivity contribution in [2.24, 2.45) is 0 Å². The van der Waals surface area contributed by atoms with Gasteiger partial charge in [-0.25, -0.2) is 0 Å². The van der Waals surface area contributed by atoms with Crippen molar-refractivity contribution in [3.8, 4) is 6.07 Å². The Hall–Kier alpha value is -1.36. The van der Waals surface area contributed by atoms with Gasteiger partial charge in [0.2, 0.25) is 0 Å². The Kier molecular flexibility index (Phi) is 2.62. The fourth-order valence-electron chi connectivity index (χ4n) is 0.847. The van der Waals surface area contributed by atoms with Crippen molar-refractivity contribution in [2.45, 2.75) is 19.8 Å². The zero-order valence-corrected chi connectivity index (χ0v) is 6.54. The normalized spacial score (nSPS) is 9.09. The SMILES string of the molecule is Cc1ccc(CCC#N)cn1. The molecule has 0 aliphatic carbocycles. The molecule has 2 nitrogen and oxygen atoms in total. The maximum atomic E-state index is 8.31. The van der Waals surface area contributed by atoms with Crippen LogP contribution in [0.3, 0.4) is 0 Å². The van der Waals surface area contributed by atoms with E-state index in [4.69, 9.17) is 5.26 Å². The third-order valence-electron chi connectivity index (χ3n) is 1.50. The monoisotopic (exact) mass is 146 g/mol. The van der Waals surface area contributed by atoms with Gasteiger partial charge in [-0.15, -0.1) is 0 Å². The van der Waals surface area contributed by atoms with Crippen molar-refractivity contribution in [1.29, 1.82) is 5.26 Å². The zero-order chi connectivity index (χ0) is 8.10. The molecule has 1 aromatic rings. The molecule has 1 aromatic heterocycles. The molecule has 0 aliphatic rings.